The van der Waals surface area contributed by atoms with Crippen LogP contribution in [0.2, 0.25) is 0 Å². The monoisotopic (exact) mass is 398 g/mol. The molecule has 0 amide bonds. The van der Waals surface area contributed by atoms with E-state index < -0.39 is 5.97 Å². The standard InChI is InChI=1S/C23H30N2O4/c1-14(2)28-10-11-29-23(27)22-15(3)21-19(24-22)12-17(13-20(21)26)16-6-8-18(9-7-16)25(4)5/h6-9,14,17,24H,10-13H2,1-5H3. The third-order valence-corrected chi connectivity index (χ3v) is 5.34. The minimum atomic E-state index is -0.441. The van der Waals surface area contributed by atoms with Crippen LogP contribution in [0.15, 0.2) is 24.3 Å². The zero-order valence-electron chi connectivity index (χ0n) is 17.9. The van der Waals surface area contributed by atoms with Crippen LogP contribution >= 0.6 is 0 Å². The van der Waals surface area contributed by atoms with Gasteiger partial charge in [-0.3, -0.25) is 4.79 Å². The number of rotatable bonds is 7. The van der Waals surface area contributed by atoms with Crippen LogP contribution in [0, 0.1) is 6.92 Å². The van der Waals surface area contributed by atoms with Gasteiger partial charge in [0, 0.05) is 37.5 Å². The smallest absolute Gasteiger partial charge is 0.355 e. The Morgan fingerprint density at radius 1 is 1.17 bits per heavy atom. The van der Waals surface area contributed by atoms with Crippen molar-refractivity contribution in [1.82, 2.24) is 4.98 Å². The van der Waals surface area contributed by atoms with E-state index in [1.54, 1.807) is 6.92 Å². The molecule has 2 aromatic rings. The van der Waals surface area contributed by atoms with E-state index in [9.17, 15) is 9.59 Å². The molecule has 1 atom stereocenters. The van der Waals surface area contributed by atoms with Crippen molar-refractivity contribution in [3.63, 3.8) is 0 Å². The van der Waals surface area contributed by atoms with E-state index in [4.69, 9.17) is 9.47 Å². The molecule has 0 radical (unpaired) electrons. The van der Waals surface area contributed by atoms with E-state index in [1.165, 1.54) is 0 Å². The Bertz CT molecular complexity index is 881. The van der Waals surface area contributed by atoms with E-state index in [0.29, 0.717) is 36.3 Å². The van der Waals surface area contributed by atoms with Crippen LogP contribution < -0.4 is 4.90 Å². The molecule has 1 N–H and O–H groups in total. The largest absolute Gasteiger partial charge is 0.459 e. The highest BCUT2D eigenvalue weighted by Crippen LogP contribution is 2.35. The number of carbonyl (C=O) groups excluding carboxylic acids is 2. The fourth-order valence-corrected chi connectivity index (χ4v) is 3.81. The summed E-state index contributed by atoms with van der Waals surface area (Å²) in [6.07, 6.45) is 1.24. The molecule has 6 nitrogen and oxygen atoms in total. The van der Waals surface area contributed by atoms with Crippen LogP contribution in [0.5, 0.6) is 0 Å². The van der Waals surface area contributed by atoms with E-state index >= 15 is 0 Å². The molecule has 0 aliphatic heterocycles. The fourth-order valence-electron chi connectivity index (χ4n) is 3.81. The quantitative estimate of drug-likeness (QED) is 0.566. The number of Topliss-reactive ketones (excluding diaryl/α,β-unsaturated/α-hetero) is 1. The van der Waals surface area contributed by atoms with Crippen LogP contribution in [-0.4, -0.2) is 50.1 Å². The van der Waals surface area contributed by atoms with Crippen molar-refractivity contribution in [1.29, 1.82) is 0 Å². The van der Waals surface area contributed by atoms with Gasteiger partial charge in [-0.1, -0.05) is 12.1 Å². The van der Waals surface area contributed by atoms with Crippen molar-refractivity contribution in [2.24, 2.45) is 0 Å². The lowest BCUT2D eigenvalue weighted by Gasteiger charge is -2.23. The molecule has 0 saturated heterocycles. The highest BCUT2D eigenvalue weighted by molar-refractivity contribution is 6.03. The molecule has 1 aromatic carbocycles. The number of benzene rings is 1. The summed E-state index contributed by atoms with van der Waals surface area (Å²) >= 11 is 0. The van der Waals surface area contributed by atoms with E-state index in [2.05, 4.69) is 29.2 Å². The normalized spacial score (nSPS) is 16.1. The Labute approximate surface area is 172 Å². The maximum absolute atomic E-state index is 12.8. The number of nitrogens with one attached hydrogen (secondary N) is 1. The molecule has 3 rings (SSSR count). The van der Waals surface area contributed by atoms with Gasteiger partial charge in [0.05, 0.1) is 12.7 Å². The topological polar surface area (TPSA) is 71.6 Å². The van der Waals surface area contributed by atoms with E-state index in [-0.39, 0.29) is 24.4 Å². The molecule has 156 valence electrons. The number of carbonyl (C=O) groups is 2. The Hall–Kier alpha value is -2.60. The average Bonchev–Trinajstić information content (AvgIpc) is 3.02. The zero-order valence-corrected chi connectivity index (χ0v) is 17.9. The van der Waals surface area contributed by atoms with Gasteiger partial charge in [0.25, 0.3) is 0 Å². The number of anilines is 1. The van der Waals surface area contributed by atoms with Crippen molar-refractivity contribution in [2.75, 3.05) is 32.2 Å². The third-order valence-electron chi connectivity index (χ3n) is 5.34. The number of ketones is 1. The first-order valence-electron chi connectivity index (χ1n) is 10.1. The second-order valence-corrected chi connectivity index (χ2v) is 8.05. The summed E-state index contributed by atoms with van der Waals surface area (Å²) < 4.78 is 10.7. The number of hydrogen-bond donors (Lipinski definition) is 1. The van der Waals surface area contributed by atoms with Gasteiger partial charge in [-0.05, 0) is 56.4 Å². The first-order valence-corrected chi connectivity index (χ1v) is 10.1. The summed E-state index contributed by atoms with van der Waals surface area (Å²) in [6, 6.07) is 8.30. The number of esters is 1. The number of hydrogen-bond acceptors (Lipinski definition) is 5. The Morgan fingerprint density at radius 2 is 1.86 bits per heavy atom. The lowest BCUT2D eigenvalue weighted by molar-refractivity contribution is 0.0172. The summed E-state index contributed by atoms with van der Waals surface area (Å²) in [7, 11) is 4.01. The molecule has 0 spiro atoms. The summed E-state index contributed by atoms with van der Waals surface area (Å²) in [4.78, 5) is 30.5. The summed E-state index contributed by atoms with van der Waals surface area (Å²) in [5.41, 5.74) is 4.79. The number of ether oxygens (including phenoxy) is 2. The Kier molecular flexibility index (Phi) is 6.42. The van der Waals surface area contributed by atoms with Crippen molar-refractivity contribution in [3.05, 3.63) is 52.3 Å². The molecule has 0 saturated carbocycles. The molecule has 0 fully saturated rings. The Morgan fingerprint density at radius 3 is 2.48 bits per heavy atom. The predicted octanol–water partition coefficient (Wildman–Crippen LogP) is 3.88. The first kappa shape index (κ1) is 21.1. The summed E-state index contributed by atoms with van der Waals surface area (Å²) in [5.74, 6) is -0.264. The summed E-state index contributed by atoms with van der Waals surface area (Å²) in [6.45, 7) is 6.21. The van der Waals surface area contributed by atoms with Gasteiger partial charge < -0.3 is 19.4 Å². The van der Waals surface area contributed by atoms with Crippen LogP contribution in [0.4, 0.5) is 5.69 Å². The first-order chi connectivity index (χ1) is 13.8. The summed E-state index contributed by atoms with van der Waals surface area (Å²) in [5, 5.41) is 0. The van der Waals surface area contributed by atoms with Crippen LogP contribution in [-0.2, 0) is 15.9 Å². The predicted molar refractivity (Wildman–Crippen MR) is 113 cm³/mol. The molecular formula is C23H30N2O4. The second-order valence-electron chi connectivity index (χ2n) is 8.05. The minimum absolute atomic E-state index is 0.0730. The maximum Gasteiger partial charge on any atom is 0.355 e. The van der Waals surface area contributed by atoms with Gasteiger partial charge in [0.15, 0.2) is 5.78 Å². The molecule has 29 heavy (non-hydrogen) atoms. The Balaban J connectivity index is 1.74. The SMILES string of the molecule is Cc1c(C(=O)OCCOC(C)C)[nH]c2c1C(=O)CC(c1ccc(N(C)C)cc1)C2. The molecule has 1 aromatic heterocycles. The van der Waals surface area contributed by atoms with Gasteiger partial charge >= 0.3 is 5.97 Å². The number of aromatic nitrogens is 1. The molecule has 1 aliphatic rings. The fraction of sp³-hybridized carbons (Fsp3) is 0.478. The number of fused-ring (bicyclic) bond motifs is 1. The lowest BCUT2D eigenvalue weighted by atomic mass is 9.81. The third kappa shape index (κ3) is 4.70. The van der Waals surface area contributed by atoms with Crippen molar-refractivity contribution in [3.8, 4) is 0 Å². The maximum atomic E-state index is 12.8. The van der Waals surface area contributed by atoms with Gasteiger partial charge in [0.1, 0.15) is 12.3 Å². The molecule has 1 heterocycles. The van der Waals surface area contributed by atoms with Crippen molar-refractivity contribution in [2.45, 2.75) is 45.6 Å². The highest BCUT2D eigenvalue weighted by atomic mass is 16.6. The number of H-pyrrole nitrogens is 1. The van der Waals surface area contributed by atoms with Gasteiger partial charge in [-0.2, -0.15) is 0 Å². The molecule has 0 bridgehead atoms. The van der Waals surface area contributed by atoms with Gasteiger partial charge in [-0.15, -0.1) is 0 Å². The minimum Gasteiger partial charge on any atom is -0.459 e. The molecule has 1 unspecified atom stereocenters. The van der Waals surface area contributed by atoms with Crippen LogP contribution in [0.25, 0.3) is 0 Å². The second kappa shape index (κ2) is 8.82. The molecule has 6 heteroatoms. The highest BCUT2D eigenvalue weighted by Gasteiger charge is 2.32. The van der Waals surface area contributed by atoms with Crippen LogP contribution in [0.3, 0.4) is 0 Å². The molecule has 1 aliphatic carbocycles. The lowest BCUT2D eigenvalue weighted by Crippen LogP contribution is -2.18. The van der Waals surface area contributed by atoms with E-state index in [0.717, 1.165) is 16.9 Å². The van der Waals surface area contributed by atoms with Gasteiger partial charge in [-0.25, -0.2) is 4.79 Å². The molecular weight excluding hydrogens is 368 g/mol. The van der Waals surface area contributed by atoms with Crippen molar-refractivity contribution < 1.29 is 19.1 Å². The number of nitrogens with zero attached hydrogens (tertiary/aromatic N) is 1. The van der Waals surface area contributed by atoms with E-state index in [1.807, 2.05) is 32.8 Å². The number of aromatic amines is 1. The zero-order chi connectivity index (χ0) is 21.1. The average molecular weight is 399 g/mol. The van der Waals surface area contributed by atoms with Crippen molar-refractivity contribution >= 4 is 17.4 Å². The van der Waals surface area contributed by atoms with Crippen LogP contribution in [0.1, 0.15) is 63.9 Å². The van der Waals surface area contributed by atoms with Gasteiger partial charge in [0.2, 0.25) is 0 Å².